The first-order chi connectivity index (χ1) is 9.03. The van der Waals surface area contributed by atoms with E-state index in [-0.39, 0.29) is 22.4 Å². The minimum Gasteiger partial charge on any atom is -0.412 e. The van der Waals surface area contributed by atoms with Gasteiger partial charge in [0.1, 0.15) is 5.38 Å². The van der Waals surface area contributed by atoms with E-state index in [0.717, 1.165) is 19.4 Å². The van der Waals surface area contributed by atoms with E-state index in [1.807, 2.05) is 4.90 Å². The lowest BCUT2D eigenvalue weighted by Crippen LogP contribution is -2.50. The van der Waals surface area contributed by atoms with Gasteiger partial charge in [-0.25, -0.2) is 0 Å². The maximum absolute atomic E-state index is 12.2. The van der Waals surface area contributed by atoms with Gasteiger partial charge >= 0.3 is 0 Å². The van der Waals surface area contributed by atoms with Crippen LogP contribution in [0.25, 0.3) is 0 Å². The molecule has 2 fully saturated rings. The summed E-state index contributed by atoms with van der Waals surface area (Å²) in [6.07, 6.45) is 1.94. The molecule has 0 spiro atoms. The van der Waals surface area contributed by atoms with Crippen molar-refractivity contribution in [1.82, 2.24) is 4.90 Å². The Bertz CT molecular complexity index is 399. The molecule has 4 atom stereocenters. The van der Waals surface area contributed by atoms with Gasteiger partial charge in [-0.1, -0.05) is 43.4 Å². The normalized spacial score (nSPS) is 35.4. The summed E-state index contributed by atoms with van der Waals surface area (Å²) >= 11 is 8.59. The second-order valence-electron chi connectivity index (χ2n) is 7.51. The molecule has 6 heteroatoms. The van der Waals surface area contributed by atoms with Crippen LogP contribution < -0.4 is 0 Å². The molecule has 2 rings (SSSR count). The van der Waals surface area contributed by atoms with Crippen molar-refractivity contribution in [2.75, 3.05) is 6.54 Å². The minimum atomic E-state index is -1.77. The Kier molecular flexibility index (Phi) is 4.85. The van der Waals surface area contributed by atoms with Gasteiger partial charge < -0.3 is 9.33 Å². The van der Waals surface area contributed by atoms with Gasteiger partial charge in [0.15, 0.2) is 8.32 Å². The number of halogens is 2. The third kappa shape index (κ3) is 3.20. The molecule has 0 saturated carbocycles. The number of nitrogens with zero attached hydrogens (tertiary/aromatic N) is 1. The van der Waals surface area contributed by atoms with Crippen molar-refractivity contribution in [3.63, 3.8) is 0 Å². The van der Waals surface area contributed by atoms with Crippen molar-refractivity contribution in [2.45, 2.75) is 73.2 Å². The number of carbonyl (C=O) groups excluding carboxylic acids is 1. The summed E-state index contributed by atoms with van der Waals surface area (Å²) in [5.41, 5.74) is 0. The Hall–Kier alpha value is 0.667. The second-order valence-corrected chi connectivity index (χ2v) is 14.4. The molecule has 0 N–H and O–H groups in total. The van der Waals surface area contributed by atoms with Gasteiger partial charge in [-0.2, -0.15) is 0 Å². The number of piperidine rings is 1. The maximum atomic E-state index is 12.2. The first kappa shape index (κ1) is 17.0. The number of alkyl halides is 2. The zero-order valence-electron chi connectivity index (χ0n) is 13.0. The number of carbonyl (C=O) groups is 1. The number of fused-ring (bicyclic) bond motifs is 1. The highest BCUT2D eigenvalue weighted by Gasteiger charge is 2.48. The van der Waals surface area contributed by atoms with Crippen LogP contribution in [-0.4, -0.2) is 47.1 Å². The maximum Gasteiger partial charge on any atom is 0.241 e. The third-order valence-corrected chi connectivity index (χ3v) is 11.2. The van der Waals surface area contributed by atoms with E-state index in [4.69, 9.17) is 16.0 Å². The van der Waals surface area contributed by atoms with E-state index in [9.17, 15) is 4.79 Å². The Labute approximate surface area is 142 Å². The molecule has 1 amide bonds. The van der Waals surface area contributed by atoms with Crippen LogP contribution in [-0.2, 0) is 9.22 Å². The van der Waals surface area contributed by atoms with Gasteiger partial charge in [0.2, 0.25) is 5.91 Å². The molecule has 0 unspecified atom stereocenters. The van der Waals surface area contributed by atoms with Gasteiger partial charge in [0.25, 0.3) is 0 Å². The zero-order chi connectivity index (χ0) is 15.3. The van der Waals surface area contributed by atoms with Crippen molar-refractivity contribution in [2.24, 2.45) is 0 Å². The molecule has 0 radical (unpaired) electrons. The smallest absolute Gasteiger partial charge is 0.241 e. The molecule has 2 aliphatic rings. The molecule has 20 heavy (non-hydrogen) atoms. The van der Waals surface area contributed by atoms with Gasteiger partial charge in [0.05, 0.1) is 6.10 Å². The predicted molar refractivity (Wildman–Crippen MR) is 94.3 cm³/mol. The van der Waals surface area contributed by atoms with Gasteiger partial charge in [-0.15, -0.1) is 11.6 Å². The topological polar surface area (TPSA) is 29.5 Å². The molecule has 2 heterocycles. The Balaban J connectivity index is 2.07. The minimum absolute atomic E-state index is 0.103. The van der Waals surface area contributed by atoms with Gasteiger partial charge in [-0.05, 0) is 31.0 Å². The molecule has 0 aromatic heterocycles. The van der Waals surface area contributed by atoms with Crippen molar-refractivity contribution in [1.29, 1.82) is 0 Å². The molecule has 0 aromatic rings. The highest BCUT2D eigenvalue weighted by atomic mass is 127. The summed E-state index contributed by atoms with van der Waals surface area (Å²) in [5.74, 6) is 0.103. The van der Waals surface area contributed by atoms with E-state index in [0.29, 0.717) is 9.97 Å². The standard InChI is InChI=1S/C14H25ClINO2Si/c1-14(2,3)20(4,5)19-9-6-12-11(16)7-10(15)13(18)17(12)8-9/h9-12H,6-8H2,1-5H3/t9-,10-,11-,12+/m1/s1. The number of rotatable bonds is 2. The zero-order valence-corrected chi connectivity index (χ0v) is 16.9. The summed E-state index contributed by atoms with van der Waals surface area (Å²) in [4.78, 5) is 14.2. The molecule has 116 valence electrons. The van der Waals surface area contributed by atoms with Crippen molar-refractivity contribution in [3.05, 3.63) is 0 Å². The third-order valence-electron chi connectivity index (χ3n) is 4.97. The first-order valence-corrected chi connectivity index (χ1v) is 11.9. The fourth-order valence-electron chi connectivity index (χ4n) is 2.74. The average molecular weight is 430 g/mol. The molecular formula is C14H25ClINO2Si. The molecular weight excluding hydrogens is 405 g/mol. The summed E-state index contributed by atoms with van der Waals surface area (Å²) in [6, 6.07) is 0.313. The van der Waals surface area contributed by atoms with Gasteiger partial charge in [0, 0.05) is 16.5 Å². The van der Waals surface area contributed by atoms with Gasteiger partial charge in [-0.3, -0.25) is 4.79 Å². The van der Waals surface area contributed by atoms with E-state index >= 15 is 0 Å². The Morgan fingerprint density at radius 3 is 2.50 bits per heavy atom. The van der Waals surface area contributed by atoms with Crippen LogP contribution in [0.1, 0.15) is 33.6 Å². The lowest BCUT2D eigenvalue weighted by atomic mass is 10.0. The fraction of sp³-hybridized carbons (Fsp3) is 0.929. The van der Waals surface area contributed by atoms with Crippen LogP contribution in [0.2, 0.25) is 18.1 Å². The highest BCUT2D eigenvalue weighted by Crippen LogP contribution is 2.41. The van der Waals surface area contributed by atoms with E-state index in [2.05, 4.69) is 56.5 Å². The molecule has 2 aliphatic heterocycles. The fourth-order valence-corrected chi connectivity index (χ4v) is 5.90. The lowest BCUT2D eigenvalue weighted by molar-refractivity contribution is -0.133. The molecule has 0 bridgehead atoms. The quantitative estimate of drug-likeness (QED) is 0.380. The summed E-state index contributed by atoms with van der Waals surface area (Å²) in [6.45, 7) is 12.0. The van der Waals surface area contributed by atoms with E-state index in [1.165, 1.54) is 0 Å². The SMILES string of the molecule is CC(C)(C)[Si](C)(C)O[C@@H]1C[C@H]2[C@H](I)C[C@@H](Cl)C(=O)N2C1. The summed E-state index contributed by atoms with van der Waals surface area (Å²) in [5, 5.41) is -0.140. The van der Waals surface area contributed by atoms with Crippen LogP contribution in [0, 0.1) is 0 Å². The molecule has 3 nitrogen and oxygen atoms in total. The van der Waals surface area contributed by atoms with Crippen LogP contribution in [0.5, 0.6) is 0 Å². The predicted octanol–water partition coefficient (Wildman–Crippen LogP) is 3.79. The summed E-state index contributed by atoms with van der Waals surface area (Å²) in [7, 11) is -1.77. The lowest BCUT2D eigenvalue weighted by Gasteiger charge is -2.38. The van der Waals surface area contributed by atoms with E-state index < -0.39 is 8.32 Å². The number of amides is 1. The monoisotopic (exact) mass is 429 g/mol. The van der Waals surface area contributed by atoms with Crippen molar-refractivity contribution < 1.29 is 9.22 Å². The largest absolute Gasteiger partial charge is 0.412 e. The van der Waals surface area contributed by atoms with Crippen molar-refractivity contribution in [3.8, 4) is 0 Å². The van der Waals surface area contributed by atoms with E-state index in [1.54, 1.807) is 0 Å². The molecule has 0 aromatic carbocycles. The Morgan fingerprint density at radius 2 is 1.95 bits per heavy atom. The summed E-state index contributed by atoms with van der Waals surface area (Å²) < 4.78 is 6.93. The van der Waals surface area contributed by atoms with Crippen LogP contribution in [0.4, 0.5) is 0 Å². The van der Waals surface area contributed by atoms with Crippen LogP contribution >= 0.6 is 34.2 Å². The first-order valence-electron chi connectivity index (χ1n) is 7.29. The number of hydrogen-bond acceptors (Lipinski definition) is 2. The second kappa shape index (κ2) is 5.70. The Morgan fingerprint density at radius 1 is 1.35 bits per heavy atom. The molecule has 2 saturated heterocycles. The van der Waals surface area contributed by atoms with Crippen molar-refractivity contribution >= 4 is 48.4 Å². The average Bonchev–Trinajstić information content (AvgIpc) is 2.68. The van der Waals surface area contributed by atoms with Crippen LogP contribution in [0.15, 0.2) is 0 Å². The van der Waals surface area contributed by atoms with Crippen LogP contribution in [0.3, 0.4) is 0 Å². The highest BCUT2D eigenvalue weighted by molar-refractivity contribution is 14.1. The number of hydrogen-bond donors (Lipinski definition) is 0. The molecule has 0 aliphatic carbocycles.